The minimum absolute atomic E-state index is 0.206. The highest BCUT2D eigenvalue weighted by atomic mass is 79.9. The van der Waals surface area contributed by atoms with Crippen molar-refractivity contribution in [3.05, 3.63) is 24.3 Å². The minimum atomic E-state index is -1.65. The average molecular weight is 301 g/mol. The van der Waals surface area contributed by atoms with Gasteiger partial charge < -0.3 is 9.90 Å². The van der Waals surface area contributed by atoms with Crippen LogP contribution in [0.5, 0.6) is 0 Å². The van der Waals surface area contributed by atoms with Gasteiger partial charge in [0.1, 0.15) is 11.9 Å². The molecule has 0 aromatic rings. The summed E-state index contributed by atoms with van der Waals surface area (Å²) in [4.78, 5) is 23.1. The fraction of sp³-hybridized carbons (Fsp3) is 0.538. The number of ketones is 1. The maximum atomic E-state index is 12.0. The fourth-order valence-electron chi connectivity index (χ4n) is 2.23. The van der Waals surface area contributed by atoms with Crippen molar-refractivity contribution in [2.45, 2.75) is 37.1 Å². The number of hydrogen-bond donors (Lipinski definition) is 1. The summed E-state index contributed by atoms with van der Waals surface area (Å²) >= 11 is 3.36. The summed E-state index contributed by atoms with van der Waals surface area (Å²) in [5.41, 5.74) is -2.87. The number of halogens is 1. The van der Waals surface area contributed by atoms with Crippen LogP contribution in [0.1, 0.15) is 26.7 Å². The first-order valence-electron chi connectivity index (χ1n) is 5.70. The normalized spacial score (nSPS) is 30.9. The lowest BCUT2D eigenvalue weighted by Crippen LogP contribution is -2.58. The molecule has 0 aliphatic heterocycles. The molecule has 0 saturated heterocycles. The topological polar surface area (TPSA) is 54.4 Å². The smallest absolute Gasteiger partial charge is 0.165 e. The zero-order chi connectivity index (χ0) is 13.1. The van der Waals surface area contributed by atoms with Gasteiger partial charge in [0.2, 0.25) is 0 Å². The summed E-state index contributed by atoms with van der Waals surface area (Å²) in [6.07, 6.45) is 7.93. The number of alkyl halides is 1. The van der Waals surface area contributed by atoms with Crippen molar-refractivity contribution in [3.8, 4) is 0 Å². The zero-order valence-corrected chi connectivity index (χ0v) is 11.6. The van der Waals surface area contributed by atoms with Gasteiger partial charge in [0.05, 0.1) is 10.2 Å². The van der Waals surface area contributed by atoms with Gasteiger partial charge in [-0.25, -0.2) is 0 Å². The highest BCUT2D eigenvalue weighted by Gasteiger charge is 2.55. The Morgan fingerprint density at radius 2 is 2.18 bits per heavy atom. The Balaban J connectivity index is 3.32. The second-order valence-corrected chi connectivity index (χ2v) is 5.17. The zero-order valence-electron chi connectivity index (χ0n) is 10.0. The van der Waals surface area contributed by atoms with E-state index in [0.717, 1.165) is 0 Å². The summed E-state index contributed by atoms with van der Waals surface area (Å²) in [6.45, 7) is 3.40. The van der Waals surface area contributed by atoms with E-state index in [4.69, 9.17) is 0 Å². The molecule has 3 nitrogen and oxygen atoms in total. The highest BCUT2D eigenvalue weighted by Crippen LogP contribution is 2.44. The largest absolute Gasteiger partial charge is 0.381 e. The van der Waals surface area contributed by atoms with Crippen LogP contribution in [-0.2, 0) is 9.59 Å². The van der Waals surface area contributed by atoms with Crippen LogP contribution >= 0.6 is 15.9 Å². The Labute approximate surface area is 110 Å². The molecular weight excluding hydrogens is 284 g/mol. The number of aliphatic hydroxyl groups is 1. The van der Waals surface area contributed by atoms with Gasteiger partial charge in [-0.1, -0.05) is 54.1 Å². The van der Waals surface area contributed by atoms with E-state index in [2.05, 4.69) is 15.9 Å². The van der Waals surface area contributed by atoms with Gasteiger partial charge in [0.25, 0.3) is 0 Å². The Morgan fingerprint density at radius 3 is 2.59 bits per heavy atom. The Morgan fingerprint density at radius 1 is 1.53 bits per heavy atom. The summed E-state index contributed by atoms with van der Waals surface area (Å²) in [6, 6.07) is 0. The van der Waals surface area contributed by atoms with Crippen molar-refractivity contribution in [3.63, 3.8) is 0 Å². The van der Waals surface area contributed by atoms with Crippen molar-refractivity contribution >= 4 is 28.0 Å². The number of aldehydes is 1. The summed E-state index contributed by atoms with van der Waals surface area (Å²) in [7, 11) is 0. The number of carbonyl (C=O) groups is 2. The molecule has 1 aliphatic carbocycles. The molecule has 0 radical (unpaired) electrons. The van der Waals surface area contributed by atoms with Crippen LogP contribution in [0, 0.1) is 5.41 Å². The lowest BCUT2D eigenvalue weighted by Gasteiger charge is -2.43. The van der Waals surface area contributed by atoms with Gasteiger partial charge in [0.15, 0.2) is 5.78 Å². The molecule has 0 spiro atoms. The van der Waals surface area contributed by atoms with Crippen molar-refractivity contribution in [2.75, 3.05) is 0 Å². The monoisotopic (exact) mass is 300 g/mol. The van der Waals surface area contributed by atoms with Crippen LogP contribution in [0.4, 0.5) is 0 Å². The highest BCUT2D eigenvalue weighted by molar-refractivity contribution is 9.09. The van der Waals surface area contributed by atoms with Crippen molar-refractivity contribution in [1.29, 1.82) is 0 Å². The Kier molecular flexibility index (Phi) is 4.44. The van der Waals surface area contributed by atoms with E-state index in [1.165, 1.54) is 0 Å². The van der Waals surface area contributed by atoms with Crippen molar-refractivity contribution < 1.29 is 14.7 Å². The number of Topliss-reactive ketones (excluding diaryl/α,β-unsaturated/α-hetero) is 1. The molecule has 1 aliphatic rings. The summed E-state index contributed by atoms with van der Waals surface area (Å²) in [5, 5.41) is 10.6. The molecule has 0 aromatic carbocycles. The number of hydrogen-bond acceptors (Lipinski definition) is 3. The molecule has 0 aromatic heterocycles. The predicted octanol–water partition coefficient (Wildman–Crippen LogP) is 2.18. The van der Waals surface area contributed by atoms with Crippen LogP contribution in [0.15, 0.2) is 24.3 Å². The second kappa shape index (κ2) is 5.27. The summed E-state index contributed by atoms with van der Waals surface area (Å²) < 4.78 is 0. The van der Waals surface area contributed by atoms with E-state index in [1.807, 2.05) is 0 Å². The van der Waals surface area contributed by atoms with Gasteiger partial charge in [-0.3, -0.25) is 4.79 Å². The Hall–Kier alpha value is -0.740. The van der Waals surface area contributed by atoms with E-state index in [9.17, 15) is 14.7 Å². The quantitative estimate of drug-likeness (QED) is 0.625. The maximum absolute atomic E-state index is 12.0. The SMILES string of the molecule is CCC(=O)[C@@](O)(CC)[C@@]1(C=O)C=CC=C[C@@H]1Br. The first-order valence-corrected chi connectivity index (χ1v) is 6.62. The molecule has 0 unspecified atom stereocenters. The predicted molar refractivity (Wildman–Crippen MR) is 70.0 cm³/mol. The lowest BCUT2D eigenvalue weighted by atomic mass is 9.65. The third-order valence-corrected chi connectivity index (χ3v) is 4.49. The number of carbonyl (C=O) groups excluding carboxylic acids is 2. The molecule has 0 saturated carbocycles. The van der Waals surface area contributed by atoms with Crippen molar-refractivity contribution in [2.24, 2.45) is 5.41 Å². The van der Waals surface area contributed by atoms with E-state index in [-0.39, 0.29) is 23.5 Å². The molecule has 94 valence electrons. The van der Waals surface area contributed by atoms with E-state index >= 15 is 0 Å². The summed E-state index contributed by atoms with van der Waals surface area (Å²) in [5.74, 6) is -0.309. The molecule has 0 heterocycles. The first kappa shape index (κ1) is 14.3. The molecule has 0 amide bonds. The second-order valence-electron chi connectivity index (χ2n) is 4.19. The number of rotatable bonds is 5. The van der Waals surface area contributed by atoms with Crippen molar-refractivity contribution in [1.82, 2.24) is 0 Å². The van der Waals surface area contributed by atoms with Gasteiger partial charge in [-0.05, 0) is 6.42 Å². The number of allylic oxidation sites excluding steroid dienone is 3. The van der Waals surface area contributed by atoms with E-state index in [1.54, 1.807) is 38.2 Å². The van der Waals surface area contributed by atoms with Gasteiger partial charge in [-0.15, -0.1) is 0 Å². The third-order valence-electron chi connectivity index (χ3n) is 3.42. The van der Waals surface area contributed by atoms with Crippen LogP contribution < -0.4 is 0 Å². The van der Waals surface area contributed by atoms with E-state index in [0.29, 0.717) is 6.29 Å². The average Bonchev–Trinajstić information content (AvgIpc) is 2.37. The fourth-order valence-corrected chi connectivity index (χ4v) is 3.05. The van der Waals surface area contributed by atoms with Gasteiger partial charge in [-0.2, -0.15) is 0 Å². The lowest BCUT2D eigenvalue weighted by molar-refractivity contribution is -0.153. The molecular formula is C13H17BrO3. The first-order chi connectivity index (χ1) is 7.98. The van der Waals surface area contributed by atoms with Crippen LogP contribution in [-0.4, -0.2) is 27.6 Å². The van der Waals surface area contributed by atoms with E-state index < -0.39 is 11.0 Å². The van der Waals surface area contributed by atoms with Crippen LogP contribution in [0.25, 0.3) is 0 Å². The van der Waals surface area contributed by atoms with Gasteiger partial charge in [0, 0.05) is 6.42 Å². The maximum Gasteiger partial charge on any atom is 0.165 e. The molecule has 1 rings (SSSR count). The molecule has 4 heteroatoms. The van der Waals surface area contributed by atoms with Crippen LogP contribution in [0.3, 0.4) is 0 Å². The molecule has 3 atom stereocenters. The third kappa shape index (κ3) is 2.04. The molecule has 0 bridgehead atoms. The van der Waals surface area contributed by atoms with Crippen LogP contribution in [0.2, 0.25) is 0 Å². The molecule has 0 fully saturated rings. The molecule has 1 N–H and O–H groups in total. The standard InChI is InChI=1S/C13H17BrO3/c1-3-11(16)13(17,4-2)12(9-15)8-6-5-7-10(12)14/h5-10,17H,3-4H2,1-2H3/t10-,12+,13-/m0/s1. The van der Waals surface area contributed by atoms with Gasteiger partial charge >= 0.3 is 0 Å². The minimum Gasteiger partial charge on any atom is -0.381 e. The Bertz CT molecular complexity index is 375. The molecule has 17 heavy (non-hydrogen) atoms.